The maximum atomic E-state index is 6.05. The second-order valence-electron chi connectivity index (χ2n) is 5.21. The third-order valence-corrected chi connectivity index (χ3v) is 4.80. The molecule has 3 nitrogen and oxygen atoms in total. The van der Waals surface area contributed by atoms with Gasteiger partial charge in [-0.3, -0.25) is 4.90 Å². The number of para-hydroxylation sites is 1. The second kappa shape index (κ2) is 4.58. The molecule has 1 aliphatic heterocycles. The van der Waals surface area contributed by atoms with E-state index in [0.29, 0.717) is 0 Å². The summed E-state index contributed by atoms with van der Waals surface area (Å²) in [5, 5.41) is 1.18. The van der Waals surface area contributed by atoms with Crippen LogP contribution in [0.15, 0.2) is 42.5 Å². The highest BCUT2D eigenvalue weighted by Gasteiger charge is 2.21. The minimum Gasteiger partial charge on any atom is -0.398 e. The summed E-state index contributed by atoms with van der Waals surface area (Å²) in [6, 6.07) is 14.5. The van der Waals surface area contributed by atoms with Gasteiger partial charge in [0.15, 0.2) is 0 Å². The molecule has 1 aliphatic rings. The van der Waals surface area contributed by atoms with Crippen molar-refractivity contribution in [1.29, 1.82) is 0 Å². The summed E-state index contributed by atoms with van der Waals surface area (Å²) in [6.45, 7) is 2.79. The number of hydrogen-bond acceptors (Lipinski definition) is 4. The number of nitrogens with zero attached hydrogens (tertiary/aromatic N) is 2. The lowest BCUT2D eigenvalue weighted by Gasteiger charge is -2.12. The summed E-state index contributed by atoms with van der Waals surface area (Å²) in [5.74, 6) is 0. The molecule has 0 saturated carbocycles. The molecule has 2 aromatic carbocycles. The highest BCUT2D eigenvalue weighted by atomic mass is 32.1. The number of thiazole rings is 1. The minimum atomic E-state index is 0.896. The molecule has 0 unspecified atom stereocenters. The molecule has 2 N–H and O–H groups in total. The Labute approximate surface area is 121 Å². The topological polar surface area (TPSA) is 42.1 Å². The molecule has 0 aliphatic carbocycles. The quantitative estimate of drug-likeness (QED) is 0.732. The Balaban J connectivity index is 1.58. The Hall–Kier alpha value is -1.91. The van der Waals surface area contributed by atoms with Crippen molar-refractivity contribution in [1.82, 2.24) is 9.88 Å². The highest BCUT2D eigenvalue weighted by molar-refractivity contribution is 7.18. The molecule has 0 amide bonds. The molecule has 0 saturated heterocycles. The van der Waals surface area contributed by atoms with Crippen LogP contribution in [0.3, 0.4) is 0 Å². The SMILES string of the molecule is Nc1cccc2c1CN(Cc1nc3ccccc3s1)C2. The summed E-state index contributed by atoms with van der Waals surface area (Å²) in [6.07, 6.45) is 0. The third-order valence-electron chi connectivity index (χ3n) is 3.78. The van der Waals surface area contributed by atoms with Crippen LogP contribution in [0.1, 0.15) is 16.1 Å². The van der Waals surface area contributed by atoms with Crippen LogP contribution in [0.5, 0.6) is 0 Å². The molecule has 4 rings (SSSR count). The zero-order valence-corrected chi connectivity index (χ0v) is 11.9. The molecule has 0 spiro atoms. The molecule has 0 radical (unpaired) electrons. The van der Waals surface area contributed by atoms with E-state index in [-0.39, 0.29) is 0 Å². The lowest BCUT2D eigenvalue weighted by Crippen LogP contribution is -2.15. The Morgan fingerprint density at radius 3 is 2.85 bits per heavy atom. The van der Waals surface area contributed by atoms with Crippen molar-refractivity contribution >= 4 is 27.2 Å². The first-order chi connectivity index (χ1) is 9.79. The third kappa shape index (κ3) is 1.97. The van der Waals surface area contributed by atoms with Gasteiger partial charge in [0.1, 0.15) is 5.01 Å². The van der Waals surface area contributed by atoms with Gasteiger partial charge in [0.25, 0.3) is 0 Å². The number of aromatic nitrogens is 1. The van der Waals surface area contributed by atoms with Crippen molar-refractivity contribution in [2.45, 2.75) is 19.6 Å². The van der Waals surface area contributed by atoms with Crippen LogP contribution in [-0.4, -0.2) is 9.88 Å². The summed E-state index contributed by atoms with van der Waals surface area (Å²) in [5.41, 5.74) is 10.7. The van der Waals surface area contributed by atoms with Crippen LogP contribution in [-0.2, 0) is 19.6 Å². The van der Waals surface area contributed by atoms with Crippen molar-refractivity contribution in [3.63, 3.8) is 0 Å². The Kier molecular flexibility index (Phi) is 2.72. The smallest absolute Gasteiger partial charge is 0.108 e. The normalized spacial score (nSPS) is 14.8. The fraction of sp³-hybridized carbons (Fsp3) is 0.188. The standard InChI is InChI=1S/C16H15N3S/c17-13-5-3-4-11-8-19(9-12(11)13)10-16-18-14-6-1-2-7-15(14)20-16/h1-7H,8-10,17H2. The van der Waals surface area contributed by atoms with Crippen LogP contribution in [0.25, 0.3) is 10.2 Å². The van der Waals surface area contributed by atoms with E-state index in [4.69, 9.17) is 10.7 Å². The number of nitrogen functional groups attached to an aromatic ring is 1. The van der Waals surface area contributed by atoms with Gasteiger partial charge in [-0.25, -0.2) is 4.98 Å². The van der Waals surface area contributed by atoms with Gasteiger partial charge in [-0.15, -0.1) is 11.3 Å². The predicted octanol–water partition coefficient (Wildman–Crippen LogP) is 3.39. The lowest BCUT2D eigenvalue weighted by molar-refractivity contribution is 0.275. The van der Waals surface area contributed by atoms with Gasteiger partial charge in [-0.2, -0.15) is 0 Å². The Bertz CT molecular complexity index is 745. The van der Waals surface area contributed by atoms with E-state index < -0.39 is 0 Å². The van der Waals surface area contributed by atoms with E-state index >= 15 is 0 Å². The van der Waals surface area contributed by atoms with Gasteiger partial charge in [0.2, 0.25) is 0 Å². The second-order valence-corrected chi connectivity index (χ2v) is 6.32. The molecule has 3 aromatic rings. The van der Waals surface area contributed by atoms with Crippen LogP contribution in [0, 0.1) is 0 Å². The van der Waals surface area contributed by atoms with Gasteiger partial charge >= 0.3 is 0 Å². The summed E-state index contributed by atoms with van der Waals surface area (Å²) in [7, 11) is 0. The van der Waals surface area contributed by atoms with Crippen LogP contribution >= 0.6 is 11.3 Å². The first kappa shape index (κ1) is 11.9. The summed E-state index contributed by atoms with van der Waals surface area (Å²) in [4.78, 5) is 7.11. The number of hydrogen-bond donors (Lipinski definition) is 1. The van der Waals surface area contributed by atoms with Crippen LogP contribution < -0.4 is 5.73 Å². The zero-order chi connectivity index (χ0) is 13.5. The fourth-order valence-corrected chi connectivity index (χ4v) is 3.82. The molecule has 0 fully saturated rings. The number of anilines is 1. The predicted molar refractivity (Wildman–Crippen MR) is 83.4 cm³/mol. The maximum absolute atomic E-state index is 6.05. The van der Waals surface area contributed by atoms with Crippen LogP contribution in [0.2, 0.25) is 0 Å². The molecule has 100 valence electrons. The van der Waals surface area contributed by atoms with Gasteiger partial charge < -0.3 is 5.73 Å². The van der Waals surface area contributed by atoms with Gasteiger partial charge in [-0.1, -0.05) is 24.3 Å². The molecule has 2 heterocycles. The van der Waals surface area contributed by atoms with Crippen molar-refractivity contribution < 1.29 is 0 Å². The van der Waals surface area contributed by atoms with Crippen molar-refractivity contribution in [3.8, 4) is 0 Å². The summed E-state index contributed by atoms with van der Waals surface area (Å²) < 4.78 is 1.26. The van der Waals surface area contributed by atoms with Gasteiger partial charge in [-0.05, 0) is 29.3 Å². The first-order valence-corrected chi connectivity index (χ1v) is 7.54. The number of rotatable bonds is 2. The zero-order valence-electron chi connectivity index (χ0n) is 11.0. The molecular weight excluding hydrogens is 266 g/mol. The first-order valence-electron chi connectivity index (χ1n) is 6.72. The van der Waals surface area contributed by atoms with E-state index in [1.54, 1.807) is 11.3 Å². The monoisotopic (exact) mass is 281 g/mol. The van der Waals surface area contributed by atoms with E-state index in [1.807, 2.05) is 18.2 Å². The number of benzene rings is 2. The van der Waals surface area contributed by atoms with Crippen molar-refractivity contribution in [2.24, 2.45) is 0 Å². The molecule has 1 aromatic heterocycles. The van der Waals surface area contributed by atoms with E-state index in [1.165, 1.54) is 20.8 Å². The average Bonchev–Trinajstić information content (AvgIpc) is 3.02. The fourth-order valence-electron chi connectivity index (χ4n) is 2.81. The molecule has 0 bridgehead atoms. The largest absolute Gasteiger partial charge is 0.398 e. The van der Waals surface area contributed by atoms with Crippen molar-refractivity contribution in [3.05, 3.63) is 58.6 Å². The highest BCUT2D eigenvalue weighted by Crippen LogP contribution is 2.30. The number of nitrogens with two attached hydrogens (primary N) is 1. The van der Waals surface area contributed by atoms with E-state index in [2.05, 4.69) is 29.2 Å². The molecular formula is C16H15N3S. The van der Waals surface area contributed by atoms with Gasteiger partial charge in [0, 0.05) is 18.8 Å². The molecule has 0 atom stereocenters. The Morgan fingerprint density at radius 2 is 2.00 bits per heavy atom. The molecule has 4 heteroatoms. The lowest BCUT2D eigenvalue weighted by atomic mass is 10.1. The Morgan fingerprint density at radius 1 is 1.10 bits per heavy atom. The van der Waals surface area contributed by atoms with Gasteiger partial charge in [0.05, 0.1) is 16.8 Å². The van der Waals surface area contributed by atoms with Crippen molar-refractivity contribution in [2.75, 3.05) is 5.73 Å². The summed E-state index contributed by atoms with van der Waals surface area (Å²) >= 11 is 1.78. The minimum absolute atomic E-state index is 0.896. The maximum Gasteiger partial charge on any atom is 0.108 e. The van der Waals surface area contributed by atoms with E-state index in [0.717, 1.165) is 30.8 Å². The number of fused-ring (bicyclic) bond motifs is 2. The molecule has 20 heavy (non-hydrogen) atoms. The van der Waals surface area contributed by atoms with E-state index in [9.17, 15) is 0 Å². The van der Waals surface area contributed by atoms with Crippen LogP contribution in [0.4, 0.5) is 5.69 Å². The average molecular weight is 281 g/mol.